The molecule has 2 unspecified atom stereocenters. The number of anilines is 1. The van der Waals surface area contributed by atoms with Crippen LogP contribution in [-0.4, -0.2) is 60.1 Å². The Bertz CT molecular complexity index is 693. The van der Waals surface area contributed by atoms with E-state index in [9.17, 15) is 9.59 Å². The van der Waals surface area contributed by atoms with Crippen molar-refractivity contribution in [3.05, 3.63) is 29.8 Å². The summed E-state index contributed by atoms with van der Waals surface area (Å²) in [7, 11) is 0. The first-order valence-corrected chi connectivity index (χ1v) is 8.50. The van der Waals surface area contributed by atoms with Crippen LogP contribution < -0.4 is 10.6 Å². The number of amides is 1. The van der Waals surface area contributed by atoms with Crippen molar-refractivity contribution in [1.29, 1.82) is 5.41 Å². The van der Waals surface area contributed by atoms with Crippen LogP contribution in [0.5, 0.6) is 0 Å². The molecule has 2 aliphatic heterocycles. The van der Waals surface area contributed by atoms with Gasteiger partial charge in [-0.2, -0.15) is 0 Å². The second-order valence-corrected chi connectivity index (χ2v) is 6.41. The lowest BCUT2D eigenvalue weighted by molar-refractivity contribution is -0.0663. The Morgan fingerprint density at radius 2 is 2.08 bits per heavy atom. The van der Waals surface area contributed by atoms with Crippen molar-refractivity contribution < 1.29 is 24.2 Å². The van der Waals surface area contributed by atoms with Crippen molar-refractivity contribution in [3.8, 4) is 0 Å². The highest BCUT2D eigenvalue weighted by Gasteiger charge is 2.36. The number of nitrogens with one attached hydrogen (secondary N) is 1. The van der Waals surface area contributed by atoms with Gasteiger partial charge in [0.25, 0.3) is 0 Å². The van der Waals surface area contributed by atoms with Crippen LogP contribution >= 0.6 is 0 Å². The van der Waals surface area contributed by atoms with E-state index in [4.69, 9.17) is 25.7 Å². The van der Waals surface area contributed by atoms with Gasteiger partial charge in [-0.3, -0.25) is 15.2 Å². The van der Waals surface area contributed by atoms with Gasteiger partial charge in [0, 0.05) is 24.3 Å². The van der Waals surface area contributed by atoms with Gasteiger partial charge in [-0.1, -0.05) is 0 Å². The predicted molar refractivity (Wildman–Crippen MR) is 93.4 cm³/mol. The molecule has 1 aromatic rings. The van der Waals surface area contributed by atoms with E-state index in [1.807, 2.05) is 4.90 Å². The van der Waals surface area contributed by atoms with E-state index in [0.29, 0.717) is 37.3 Å². The van der Waals surface area contributed by atoms with Gasteiger partial charge in [0.1, 0.15) is 11.9 Å². The summed E-state index contributed by atoms with van der Waals surface area (Å²) in [6, 6.07) is 6.80. The van der Waals surface area contributed by atoms with Crippen molar-refractivity contribution in [3.63, 3.8) is 0 Å². The number of piperidine rings is 1. The van der Waals surface area contributed by atoms with Gasteiger partial charge in [0.2, 0.25) is 0 Å². The number of cyclic esters (lactones) is 1. The minimum absolute atomic E-state index is 0.0343. The molecule has 2 aliphatic rings. The van der Waals surface area contributed by atoms with Crippen LogP contribution in [0.25, 0.3) is 0 Å². The Kier molecular flexibility index (Phi) is 5.27. The normalized spacial score (nSPS) is 23.5. The molecule has 26 heavy (non-hydrogen) atoms. The van der Waals surface area contributed by atoms with Crippen molar-refractivity contribution >= 4 is 23.8 Å². The topological polar surface area (TPSA) is 129 Å². The highest BCUT2D eigenvalue weighted by Crippen LogP contribution is 2.25. The number of nitrogens with zero attached hydrogens (tertiary/aromatic N) is 2. The molecule has 0 radical (unpaired) electrons. The molecule has 0 saturated carbocycles. The van der Waals surface area contributed by atoms with E-state index in [1.165, 1.54) is 4.90 Å². The van der Waals surface area contributed by atoms with Gasteiger partial charge < -0.3 is 20.3 Å². The second-order valence-electron chi connectivity index (χ2n) is 6.41. The SMILES string of the molecule is N=C(N)c1ccc(N2CC(CN3CCCCC3OC(=O)O)OC2=O)cc1. The number of benzene rings is 1. The number of amidine groups is 1. The smallest absolute Gasteiger partial charge is 0.450 e. The molecule has 0 spiro atoms. The van der Waals surface area contributed by atoms with E-state index >= 15 is 0 Å². The number of ether oxygens (including phenoxy) is 2. The number of likely N-dealkylation sites (tertiary alicyclic amines) is 1. The fourth-order valence-electron chi connectivity index (χ4n) is 3.33. The fourth-order valence-corrected chi connectivity index (χ4v) is 3.33. The number of rotatable bonds is 5. The van der Waals surface area contributed by atoms with Gasteiger partial charge in [0.15, 0.2) is 6.23 Å². The molecule has 3 rings (SSSR count). The fraction of sp³-hybridized carbons (Fsp3) is 0.471. The van der Waals surface area contributed by atoms with Gasteiger partial charge in [-0.05, 0) is 43.5 Å². The maximum absolute atomic E-state index is 12.2. The minimum Gasteiger partial charge on any atom is -0.450 e. The lowest BCUT2D eigenvalue weighted by atomic mass is 10.1. The van der Waals surface area contributed by atoms with Crippen LogP contribution in [0.2, 0.25) is 0 Å². The molecular formula is C17H22N4O5. The summed E-state index contributed by atoms with van der Waals surface area (Å²) < 4.78 is 10.4. The van der Waals surface area contributed by atoms with Crippen LogP contribution in [0.3, 0.4) is 0 Å². The molecular weight excluding hydrogens is 340 g/mol. The van der Waals surface area contributed by atoms with Gasteiger partial charge >= 0.3 is 12.2 Å². The quantitative estimate of drug-likeness (QED) is 0.414. The zero-order valence-corrected chi connectivity index (χ0v) is 14.3. The van der Waals surface area contributed by atoms with Crippen molar-refractivity contribution in [2.75, 3.05) is 24.5 Å². The molecule has 140 valence electrons. The first-order valence-electron chi connectivity index (χ1n) is 8.50. The first kappa shape index (κ1) is 18.0. The molecule has 2 fully saturated rings. The summed E-state index contributed by atoms with van der Waals surface area (Å²) in [5, 5.41) is 16.3. The number of hydrogen-bond donors (Lipinski definition) is 3. The Balaban J connectivity index is 1.63. The van der Waals surface area contributed by atoms with Gasteiger partial charge in [0.05, 0.1) is 6.54 Å². The third-order valence-electron chi connectivity index (χ3n) is 4.59. The highest BCUT2D eigenvalue weighted by atomic mass is 16.7. The number of carbonyl (C=O) groups excluding carboxylic acids is 1. The summed E-state index contributed by atoms with van der Waals surface area (Å²) in [6.45, 7) is 1.50. The summed E-state index contributed by atoms with van der Waals surface area (Å²) in [5.41, 5.74) is 6.69. The maximum atomic E-state index is 12.2. The Morgan fingerprint density at radius 1 is 1.35 bits per heavy atom. The van der Waals surface area contributed by atoms with E-state index in [2.05, 4.69) is 0 Å². The number of hydrogen-bond acceptors (Lipinski definition) is 6. The van der Waals surface area contributed by atoms with Crippen molar-refractivity contribution in [2.45, 2.75) is 31.6 Å². The number of nitrogen functional groups attached to an aromatic ring is 1. The van der Waals surface area contributed by atoms with Crippen LogP contribution in [0, 0.1) is 5.41 Å². The van der Waals surface area contributed by atoms with E-state index in [0.717, 1.165) is 12.8 Å². The largest absolute Gasteiger partial charge is 0.507 e. The molecule has 2 heterocycles. The highest BCUT2D eigenvalue weighted by molar-refractivity contribution is 5.96. The molecule has 4 N–H and O–H groups in total. The Labute approximate surface area is 150 Å². The molecule has 0 aromatic heterocycles. The van der Waals surface area contributed by atoms with Crippen LogP contribution in [0.15, 0.2) is 24.3 Å². The predicted octanol–water partition coefficient (Wildman–Crippen LogP) is 1.80. The molecule has 9 heteroatoms. The van der Waals surface area contributed by atoms with Gasteiger partial charge in [-0.15, -0.1) is 0 Å². The molecule has 1 aromatic carbocycles. The zero-order chi connectivity index (χ0) is 18.7. The number of nitrogens with two attached hydrogens (primary N) is 1. The van der Waals surface area contributed by atoms with Crippen LogP contribution in [-0.2, 0) is 9.47 Å². The molecule has 2 atom stereocenters. The van der Waals surface area contributed by atoms with Crippen LogP contribution in [0.4, 0.5) is 15.3 Å². The molecule has 0 aliphatic carbocycles. The summed E-state index contributed by atoms with van der Waals surface area (Å²) in [4.78, 5) is 26.5. The molecule has 0 bridgehead atoms. The Hall–Kier alpha value is -2.81. The third-order valence-corrected chi connectivity index (χ3v) is 4.59. The van der Waals surface area contributed by atoms with E-state index in [-0.39, 0.29) is 11.9 Å². The molecule has 1 amide bonds. The summed E-state index contributed by atoms with van der Waals surface area (Å²) >= 11 is 0. The second kappa shape index (κ2) is 7.61. The van der Waals surface area contributed by atoms with E-state index in [1.54, 1.807) is 24.3 Å². The summed E-state index contributed by atoms with van der Waals surface area (Å²) in [5.74, 6) is -0.0343. The van der Waals surface area contributed by atoms with Crippen LogP contribution in [0.1, 0.15) is 24.8 Å². The average molecular weight is 362 g/mol. The summed E-state index contributed by atoms with van der Waals surface area (Å²) in [6.07, 6.45) is -0.0970. The zero-order valence-electron chi connectivity index (χ0n) is 14.3. The molecule has 9 nitrogen and oxygen atoms in total. The number of carboxylic acid groups (broad SMARTS) is 1. The lowest BCUT2D eigenvalue weighted by Crippen LogP contribution is -2.46. The standard InChI is InChI=1S/C17H22N4O5/c18-15(19)11-4-6-12(7-5-11)21-10-13(25-16(21)22)9-20-8-2-1-3-14(20)26-17(23)24/h4-7,13-14H,1-3,8-10H2,(H3,18,19)(H,23,24). The minimum atomic E-state index is -1.29. The van der Waals surface area contributed by atoms with Gasteiger partial charge in [-0.25, -0.2) is 9.59 Å². The third kappa shape index (κ3) is 4.05. The van der Waals surface area contributed by atoms with E-state index < -0.39 is 18.5 Å². The average Bonchev–Trinajstić information content (AvgIpc) is 2.96. The maximum Gasteiger partial charge on any atom is 0.507 e. The number of carbonyl (C=O) groups is 2. The first-order chi connectivity index (χ1) is 12.4. The molecule has 2 saturated heterocycles. The monoisotopic (exact) mass is 362 g/mol. The van der Waals surface area contributed by atoms with Crippen molar-refractivity contribution in [2.24, 2.45) is 5.73 Å². The van der Waals surface area contributed by atoms with Crippen molar-refractivity contribution in [1.82, 2.24) is 4.90 Å². The Morgan fingerprint density at radius 3 is 2.73 bits per heavy atom. The lowest BCUT2D eigenvalue weighted by Gasteiger charge is -2.34.